The highest BCUT2D eigenvalue weighted by atomic mass is 16.5. The highest BCUT2D eigenvalue weighted by Crippen LogP contribution is 2.20. The van der Waals surface area contributed by atoms with E-state index in [2.05, 4.69) is 50.4 Å². The van der Waals surface area contributed by atoms with Gasteiger partial charge in [0.15, 0.2) is 0 Å². The Labute approximate surface area is 146 Å². The van der Waals surface area contributed by atoms with E-state index >= 15 is 0 Å². The highest BCUT2D eigenvalue weighted by molar-refractivity contribution is 5.48. The zero-order valence-corrected chi connectivity index (χ0v) is 15.0. The minimum Gasteiger partial charge on any atom is -0.494 e. The Morgan fingerprint density at radius 2 is 1.71 bits per heavy atom. The number of rotatable bonds is 10. The maximum absolute atomic E-state index is 5.79. The molecule has 2 rings (SSSR count). The van der Waals surface area contributed by atoms with Gasteiger partial charge in [-0.25, -0.2) is 0 Å². The van der Waals surface area contributed by atoms with E-state index in [1.54, 1.807) is 0 Å². The predicted octanol–water partition coefficient (Wildman–Crippen LogP) is 5.51. The molecule has 2 aromatic rings. The molecule has 3 heteroatoms. The third kappa shape index (κ3) is 6.53. The number of hydrogen-bond acceptors (Lipinski definition) is 3. The van der Waals surface area contributed by atoms with Crippen molar-refractivity contribution in [2.45, 2.75) is 40.2 Å². The number of nitrogens with one attached hydrogen (secondary N) is 1. The van der Waals surface area contributed by atoms with E-state index in [-0.39, 0.29) is 0 Å². The highest BCUT2D eigenvalue weighted by Gasteiger charge is 2.01. The van der Waals surface area contributed by atoms with E-state index in [0.717, 1.165) is 49.8 Å². The third-order valence-corrected chi connectivity index (χ3v) is 3.58. The van der Waals surface area contributed by atoms with Crippen molar-refractivity contribution in [2.24, 2.45) is 5.92 Å². The Bertz CT molecular complexity index is 610. The lowest BCUT2D eigenvalue weighted by atomic mass is 10.2. The first kappa shape index (κ1) is 18.2. The van der Waals surface area contributed by atoms with Crippen molar-refractivity contribution in [3.63, 3.8) is 0 Å². The first-order valence-electron chi connectivity index (χ1n) is 8.86. The molecular weight excluding hydrogens is 298 g/mol. The first-order chi connectivity index (χ1) is 11.7. The average Bonchev–Trinajstić information content (AvgIpc) is 2.59. The van der Waals surface area contributed by atoms with Gasteiger partial charge in [-0.1, -0.05) is 45.4 Å². The van der Waals surface area contributed by atoms with Crippen LogP contribution in [0.2, 0.25) is 0 Å². The molecule has 3 nitrogen and oxygen atoms in total. The molecule has 1 N–H and O–H groups in total. The molecule has 0 aliphatic rings. The lowest BCUT2D eigenvalue weighted by Crippen LogP contribution is -2.05. The zero-order chi connectivity index (χ0) is 17.2. The molecule has 0 bridgehead atoms. The summed E-state index contributed by atoms with van der Waals surface area (Å²) in [5.74, 6) is 2.38. The fourth-order valence-corrected chi connectivity index (χ4v) is 2.24. The van der Waals surface area contributed by atoms with Gasteiger partial charge in [0.2, 0.25) is 0 Å². The summed E-state index contributed by atoms with van der Waals surface area (Å²) in [6.45, 7) is 8.75. The molecule has 0 radical (unpaired) electrons. The number of benzene rings is 2. The van der Waals surface area contributed by atoms with Crippen molar-refractivity contribution in [1.29, 1.82) is 0 Å². The minimum absolute atomic E-state index is 0.530. The standard InChI is InChI=1S/C21H29NO2/c1-4-5-12-23-21-11-7-9-19(14-21)22-15-18-8-6-10-20(13-18)24-16-17(2)3/h6-11,13-14,17,22H,4-5,12,15-16H2,1-3H3. The summed E-state index contributed by atoms with van der Waals surface area (Å²) in [5, 5.41) is 3.45. The first-order valence-corrected chi connectivity index (χ1v) is 8.86. The summed E-state index contributed by atoms with van der Waals surface area (Å²) < 4.78 is 11.5. The molecule has 0 saturated heterocycles. The Morgan fingerprint density at radius 3 is 2.46 bits per heavy atom. The minimum atomic E-state index is 0.530. The summed E-state index contributed by atoms with van der Waals surface area (Å²) in [7, 11) is 0. The monoisotopic (exact) mass is 327 g/mol. The number of ether oxygens (including phenoxy) is 2. The Morgan fingerprint density at radius 1 is 0.958 bits per heavy atom. The largest absolute Gasteiger partial charge is 0.494 e. The van der Waals surface area contributed by atoms with E-state index in [4.69, 9.17) is 9.47 Å². The van der Waals surface area contributed by atoms with Crippen molar-refractivity contribution in [3.8, 4) is 11.5 Å². The van der Waals surface area contributed by atoms with Crippen molar-refractivity contribution < 1.29 is 9.47 Å². The van der Waals surface area contributed by atoms with E-state index in [0.29, 0.717) is 5.92 Å². The molecule has 24 heavy (non-hydrogen) atoms. The molecule has 0 heterocycles. The van der Waals surface area contributed by atoms with E-state index in [9.17, 15) is 0 Å². The predicted molar refractivity (Wildman–Crippen MR) is 101 cm³/mol. The SMILES string of the molecule is CCCCOc1cccc(NCc2cccc(OCC(C)C)c2)c1. The van der Waals surface area contributed by atoms with Crippen LogP contribution in [0.1, 0.15) is 39.2 Å². The van der Waals surface area contributed by atoms with Crippen LogP contribution in [-0.4, -0.2) is 13.2 Å². The van der Waals surface area contributed by atoms with Gasteiger partial charge in [0, 0.05) is 18.3 Å². The number of unbranched alkanes of at least 4 members (excludes halogenated alkanes) is 1. The molecule has 130 valence electrons. The summed E-state index contributed by atoms with van der Waals surface area (Å²) in [4.78, 5) is 0. The topological polar surface area (TPSA) is 30.5 Å². The van der Waals surface area contributed by atoms with Crippen LogP contribution >= 0.6 is 0 Å². The van der Waals surface area contributed by atoms with Crippen LogP contribution in [0.25, 0.3) is 0 Å². The van der Waals surface area contributed by atoms with Crippen LogP contribution in [0, 0.1) is 5.92 Å². The quantitative estimate of drug-likeness (QED) is 0.583. The van der Waals surface area contributed by atoms with Crippen molar-refractivity contribution >= 4 is 5.69 Å². The maximum Gasteiger partial charge on any atom is 0.121 e. The molecule has 0 unspecified atom stereocenters. The van der Waals surface area contributed by atoms with Gasteiger partial charge in [-0.05, 0) is 42.2 Å². The third-order valence-electron chi connectivity index (χ3n) is 3.58. The maximum atomic E-state index is 5.79. The van der Waals surface area contributed by atoms with Gasteiger partial charge < -0.3 is 14.8 Å². The van der Waals surface area contributed by atoms with Crippen molar-refractivity contribution in [2.75, 3.05) is 18.5 Å². The molecule has 2 aromatic carbocycles. The summed E-state index contributed by atoms with van der Waals surface area (Å²) in [6.07, 6.45) is 2.23. The molecule has 0 aliphatic carbocycles. The van der Waals surface area contributed by atoms with E-state index in [1.165, 1.54) is 5.56 Å². The fraction of sp³-hybridized carbons (Fsp3) is 0.429. The lowest BCUT2D eigenvalue weighted by molar-refractivity contribution is 0.271. The smallest absolute Gasteiger partial charge is 0.121 e. The Kier molecular flexibility index (Phi) is 7.47. The van der Waals surface area contributed by atoms with Crippen molar-refractivity contribution in [1.82, 2.24) is 0 Å². The van der Waals surface area contributed by atoms with Crippen LogP contribution in [0.15, 0.2) is 48.5 Å². The molecule has 0 spiro atoms. The van der Waals surface area contributed by atoms with Crippen molar-refractivity contribution in [3.05, 3.63) is 54.1 Å². The van der Waals surface area contributed by atoms with Gasteiger partial charge >= 0.3 is 0 Å². The molecule has 0 aliphatic heterocycles. The van der Waals surface area contributed by atoms with Crippen LogP contribution in [0.5, 0.6) is 11.5 Å². The zero-order valence-electron chi connectivity index (χ0n) is 15.0. The molecular formula is C21H29NO2. The molecule has 0 amide bonds. The molecule has 0 fully saturated rings. The van der Waals surface area contributed by atoms with Crippen LogP contribution in [-0.2, 0) is 6.54 Å². The molecule has 0 atom stereocenters. The van der Waals surface area contributed by atoms with Gasteiger partial charge in [-0.2, -0.15) is 0 Å². The van der Waals surface area contributed by atoms with Gasteiger partial charge in [-0.3, -0.25) is 0 Å². The number of anilines is 1. The van der Waals surface area contributed by atoms with E-state index < -0.39 is 0 Å². The summed E-state index contributed by atoms with van der Waals surface area (Å²) >= 11 is 0. The van der Waals surface area contributed by atoms with Crippen LogP contribution in [0.3, 0.4) is 0 Å². The van der Waals surface area contributed by atoms with Crippen LogP contribution in [0.4, 0.5) is 5.69 Å². The molecule has 0 aromatic heterocycles. The Hall–Kier alpha value is -2.16. The normalized spacial score (nSPS) is 10.7. The molecule has 0 saturated carbocycles. The fourth-order valence-electron chi connectivity index (χ4n) is 2.24. The summed E-state index contributed by atoms with van der Waals surface area (Å²) in [5.41, 5.74) is 2.27. The summed E-state index contributed by atoms with van der Waals surface area (Å²) in [6, 6.07) is 16.4. The van der Waals surface area contributed by atoms with Gasteiger partial charge in [-0.15, -0.1) is 0 Å². The second kappa shape index (κ2) is 9.86. The second-order valence-corrected chi connectivity index (χ2v) is 6.44. The van der Waals surface area contributed by atoms with Gasteiger partial charge in [0.1, 0.15) is 11.5 Å². The van der Waals surface area contributed by atoms with E-state index in [1.807, 2.05) is 24.3 Å². The van der Waals surface area contributed by atoms with Gasteiger partial charge in [0.05, 0.1) is 13.2 Å². The van der Waals surface area contributed by atoms with Gasteiger partial charge in [0.25, 0.3) is 0 Å². The second-order valence-electron chi connectivity index (χ2n) is 6.44. The lowest BCUT2D eigenvalue weighted by Gasteiger charge is -2.12. The number of hydrogen-bond donors (Lipinski definition) is 1. The Balaban J connectivity index is 1.88. The average molecular weight is 327 g/mol. The van der Waals surface area contributed by atoms with Crippen LogP contribution < -0.4 is 14.8 Å².